The minimum Gasteiger partial charge on any atom is -0.465 e. The molecule has 0 amide bonds. The van der Waals surface area contributed by atoms with Crippen LogP contribution in [0.4, 0.5) is 11.6 Å². The number of nitro benzene ring substituents is 1. The average molecular weight is 490 g/mol. The predicted molar refractivity (Wildman–Crippen MR) is 128 cm³/mol. The first kappa shape index (κ1) is 23.3. The third kappa shape index (κ3) is 4.50. The lowest BCUT2D eigenvalue weighted by Crippen LogP contribution is -2.68. The van der Waals surface area contributed by atoms with Crippen LogP contribution in [0.3, 0.4) is 0 Å². The number of esters is 1. The molecule has 1 aliphatic heterocycles. The highest BCUT2D eigenvalue weighted by Crippen LogP contribution is 2.35. The number of ether oxygens (including phenoxy) is 1. The molecule has 1 saturated heterocycles. The quantitative estimate of drug-likeness (QED) is 0.230. The maximum atomic E-state index is 13.1. The van der Waals surface area contributed by atoms with Gasteiger partial charge in [-0.15, -0.1) is 22.9 Å². The van der Waals surface area contributed by atoms with E-state index in [1.165, 1.54) is 12.1 Å². The van der Waals surface area contributed by atoms with Crippen LogP contribution in [0.2, 0.25) is 0 Å². The van der Waals surface area contributed by atoms with Crippen LogP contribution >= 0.6 is 22.9 Å². The number of rotatable bonds is 7. The van der Waals surface area contributed by atoms with Gasteiger partial charge in [0.25, 0.3) is 5.69 Å². The second kappa shape index (κ2) is 9.58. The molecule has 1 N–H and O–H groups in total. The van der Waals surface area contributed by atoms with Gasteiger partial charge in [-0.25, -0.2) is 14.8 Å². The Bertz CT molecular complexity index is 1170. The highest BCUT2D eigenvalue weighted by Gasteiger charge is 2.53. The second-order valence-corrected chi connectivity index (χ2v) is 9.27. The third-order valence-corrected chi connectivity index (χ3v) is 7.51. The summed E-state index contributed by atoms with van der Waals surface area (Å²) in [4.78, 5) is 35.9. The Labute approximate surface area is 199 Å². The standard InChI is InChI=1S/C22H24ClN5O4S/c1-3-32-20(29)22(25-12-15-5-4-6-17(11-15)28(30)31)8-9-27(14(2)18(22)23)21-24-13-16-7-10-33-19(16)26-21/h4-7,10-11,13-14,18,25H,3,8-9,12H2,1-2H3. The second-order valence-electron chi connectivity index (χ2n) is 7.91. The number of alkyl halides is 1. The molecule has 1 fully saturated rings. The van der Waals surface area contributed by atoms with E-state index in [1.807, 2.05) is 23.3 Å². The zero-order valence-electron chi connectivity index (χ0n) is 18.2. The molecule has 3 unspecified atom stereocenters. The zero-order chi connectivity index (χ0) is 23.6. The zero-order valence-corrected chi connectivity index (χ0v) is 19.8. The van der Waals surface area contributed by atoms with E-state index in [9.17, 15) is 14.9 Å². The van der Waals surface area contributed by atoms with Gasteiger partial charge in [0.2, 0.25) is 5.95 Å². The molecule has 0 saturated carbocycles. The van der Waals surface area contributed by atoms with Crippen LogP contribution < -0.4 is 10.2 Å². The van der Waals surface area contributed by atoms with Crippen molar-refractivity contribution in [1.29, 1.82) is 0 Å². The van der Waals surface area contributed by atoms with Gasteiger partial charge < -0.3 is 9.64 Å². The Morgan fingerprint density at radius 3 is 3.03 bits per heavy atom. The molecule has 3 atom stereocenters. The van der Waals surface area contributed by atoms with Crippen LogP contribution in [0.15, 0.2) is 41.9 Å². The minimum atomic E-state index is -1.16. The van der Waals surface area contributed by atoms with E-state index in [0.29, 0.717) is 24.5 Å². The van der Waals surface area contributed by atoms with Crippen LogP contribution in [0.5, 0.6) is 0 Å². The molecule has 3 aromatic rings. The lowest BCUT2D eigenvalue weighted by atomic mass is 9.82. The number of hydrogen-bond donors (Lipinski definition) is 1. The van der Waals surface area contributed by atoms with E-state index < -0.39 is 21.8 Å². The van der Waals surface area contributed by atoms with Crippen LogP contribution in [0.25, 0.3) is 10.2 Å². The number of non-ortho nitro benzene ring substituents is 1. The number of nitrogens with zero attached hydrogens (tertiary/aromatic N) is 4. The summed E-state index contributed by atoms with van der Waals surface area (Å²) in [7, 11) is 0. The number of fused-ring (bicyclic) bond motifs is 1. The van der Waals surface area contributed by atoms with Gasteiger partial charge >= 0.3 is 5.97 Å². The summed E-state index contributed by atoms with van der Waals surface area (Å²) in [5, 5.41) is 16.7. The monoisotopic (exact) mass is 489 g/mol. The molecule has 0 aliphatic carbocycles. The van der Waals surface area contributed by atoms with Gasteiger partial charge in [0, 0.05) is 42.8 Å². The Balaban J connectivity index is 1.59. The maximum absolute atomic E-state index is 13.1. The fraction of sp³-hybridized carbons (Fsp3) is 0.409. The molecular weight excluding hydrogens is 466 g/mol. The van der Waals surface area contributed by atoms with Gasteiger partial charge in [0.15, 0.2) is 0 Å². The van der Waals surface area contributed by atoms with Gasteiger partial charge in [-0.1, -0.05) is 12.1 Å². The number of thiophene rings is 1. The van der Waals surface area contributed by atoms with Crippen molar-refractivity contribution < 1.29 is 14.5 Å². The first-order valence-electron chi connectivity index (χ1n) is 10.6. The molecular formula is C22H24ClN5O4S. The molecule has 11 heteroatoms. The van der Waals surface area contributed by atoms with E-state index in [0.717, 1.165) is 10.2 Å². The van der Waals surface area contributed by atoms with Crippen molar-refractivity contribution in [3.63, 3.8) is 0 Å². The van der Waals surface area contributed by atoms with Crippen molar-refractivity contribution in [2.24, 2.45) is 0 Å². The summed E-state index contributed by atoms with van der Waals surface area (Å²) >= 11 is 8.49. The number of piperidine rings is 1. The average Bonchev–Trinajstić information content (AvgIpc) is 3.28. The molecule has 3 heterocycles. The van der Waals surface area contributed by atoms with Gasteiger partial charge in [0.05, 0.1) is 16.9 Å². The molecule has 33 heavy (non-hydrogen) atoms. The van der Waals surface area contributed by atoms with Crippen molar-refractivity contribution in [3.05, 3.63) is 57.6 Å². The maximum Gasteiger partial charge on any atom is 0.328 e. The Hall–Kier alpha value is -2.82. The van der Waals surface area contributed by atoms with Crippen molar-refractivity contribution in [2.45, 2.75) is 43.8 Å². The van der Waals surface area contributed by atoms with E-state index in [1.54, 1.807) is 36.6 Å². The topological polar surface area (TPSA) is 110 Å². The number of halogens is 1. The molecule has 0 spiro atoms. The molecule has 1 aliphatic rings. The first-order valence-corrected chi connectivity index (χ1v) is 11.9. The van der Waals surface area contributed by atoms with Crippen LogP contribution in [0, 0.1) is 10.1 Å². The van der Waals surface area contributed by atoms with Crippen molar-refractivity contribution in [1.82, 2.24) is 15.3 Å². The highest BCUT2D eigenvalue weighted by molar-refractivity contribution is 7.16. The number of nitrogens with one attached hydrogen (secondary N) is 1. The molecule has 2 aromatic heterocycles. The molecule has 0 bridgehead atoms. The molecule has 9 nitrogen and oxygen atoms in total. The molecule has 1 aromatic carbocycles. The molecule has 4 rings (SSSR count). The predicted octanol–water partition coefficient (Wildman–Crippen LogP) is 3.90. The van der Waals surface area contributed by atoms with Gasteiger partial charge in [-0.2, -0.15) is 0 Å². The summed E-state index contributed by atoms with van der Waals surface area (Å²) in [5.41, 5.74) is -0.491. The summed E-state index contributed by atoms with van der Waals surface area (Å²) in [6.45, 7) is 4.62. The van der Waals surface area contributed by atoms with Crippen molar-refractivity contribution in [2.75, 3.05) is 18.1 Å². The van der Waals surface area contributed by atoms with Crippen LogP contribution in [-0.4, -0.2) is 51.0 Å². The summed E-state index contributed by atoms with van der Waals surface area (Å²) in [6, 6.07) is 7.99. The van der Waals surface area contributed by atoms with Crippen molar-refractivity contribution in [3.8, 4) is 0 Å². The van der Waals surface area contributed by atoms with Gasteiger partial charge in [-0.05, 0) is 37.3 Å². The number of hydrogen-bond acceptors (Lipinski definition) is 9. The number of nitro groups is 1. The number of anilines is 1. The largest absolute Gasteiger partial charge is 0.465 e. The Morgan fingerprint density at radius 1 is 1.45 bits per heavy atom. The van der Waals surface area contributed by atoms with Gasteiger partial charge in [-0.3, -0.25) is 15.4 Å². The lowest BCUT2D eigenvalue weighted by molar-refractivity contribution is -0.384. The minimum absolute atomic E-state index is 0.00814. The Kier molecular flexibility index (Phi) is 6.78. The van der Waals surface area contributed by atoms with E-state index in [-0.39, 0.29) is 24.9 Å². The smallest absolute Gasteiger partial charge is 0.328 e. The fourth-order valence-electron chi connectivity index (χ4n) is 4.15. The van der Waals surface area contributed by atoms with Crippen LogP contribution in [0.1, 0.15) is 25.8 Å². The SMILES string of the molecule is CCOC(=O)C1(NCc2cccc([N+](=O)[O-])c2)CCN(c2ncc3ccsc3n2)C(C)C1Cl. The number of carbonyl (C=O) groups excluding carboxylic acids is 1. The number of aromatic nitrogens is 2. The summed E-state index contributed by atoms with van der Waals surface area (Å²) in [6.07, 6.45) is 2.16. The summed E-state index contributed by atoms with van der Waals surface area (Å²) in [5.74, 6) is 0.135. The first-order chi connectivity index (χ1) is 15.9. The third-order valence-electron chi connectivity index (χ3n) is 5.95. The van der Waals surface area contributed by atoms with E-state index >= 15 is 0 Å². The van der Waals surface area contributed by atoms with Gasteiger partial charge in [0.1, 0.15) is 10.4 Å². The number of carbonyl (C=O) groups is 1. The molecule has 174 valence electrons. The van der Waals surface area contributed by atoms with E-state index in [4.69, 9.17) is 16.3 Å². The van der Waals surface area contributed by atoms with E-state index in [2.05, 4.69) is 15.3 Å². The Morgan fingerprint density at radius 2 is 2.27 bits per heavy atom. The van der Waals surface area contributed by atoms with Crippen molar-refractivity contribution >= 4 is 50.8 Å². The molecule has 0 radical (unpaired) electrons. The fourth-order valence-corrected chi connectivity index (χ4v) is 5.29. The highest BCUT2D eigenvalue weighted by atomic mass is 35.5. The lowest BCUT2D eigenvalue weighted by Gasteiger charge is -2.47. The summed E-state index contributed by atoms with van der Waals surface area (Å²) < 4.78 is 5.40. The number of benzene rings is 1. The normalized spacial score (nSPS) is 22.9. The van der Waals surface area contributed by atoms with Crippen LogP contribution in [-0.2, 0) is 16.1 Å².